The zero-order valence-electron chi connectivity index (χ0n) is 15.1. The summed E-state index contributed by atoms with van der Waals surface area (Å²) in [4.78, 5) is 16.7. The van der Waals surface area contributed by atoms with Crippen LogP contribution in [0.3, 0.4) is 0 Å². The normalized spacial score (nSPS) is 25.1. The van der Waals surface area contributed by atoms with Gasteiger partial charge in [-0.15, -0.1) is 0 Å². The van der Waals surface area contributed by atoms with Crippen LogP contribution >= 0.6 is 0 Å². The Morgan fingerprint density at radius 1 is 1.22 bits per heavy atom. The van der Waals surface area contributed by atoms with Crippen molar-refractivity contribution in [1.82, 2.24) is 9.91 Å². The van der Waals surface area contributed by atoms with Crippen LogP contribution in [0.2, 0.25) is 0 Å². The number of rotatable bonds is 3. The van der Waals surface area contributed by atoms with E-state index in [4.69, 9.17) is 0 Å². The molecule has 1 saturated heterocycles. The van der Waals surface area contributed by atoms with Gasteiger partial charge in [-0.2, -0.15) is 5.10 Å². The van der Waals surface area contributed by atoms with E-state index in [-0.39, 0.29) is 24.5 Å². The van der Waals surface area contributed by atoms with Crippen molar-refractivity contribution < 1.29 is 13.6 Å². The van der Waals surface area contributed by atoms with Crippen LogP contribution in [0.15, 0.2) is 59.2 Å². The maximum Gasteiger partial charge on any atom is 0.340 e. The van der Waals surface area contributed by atoms with Crippen LogP contribution in [0.25, 0.3) is 0 Å². The lowest BCUT2D eigenvalue weighted by atomic mass is 9.90. The lowest BCUT2D eigenvalue weighted by molar-refractivity contribution is 0.0973. The molecule has 1 fully saturated rings. The number of carbonyl (C=O) groups excluding carboxylic acids is 1. The third kappa shape index (κ3) is 3.46. The average molecular weight is 372 g/mol. The number of para-hydroxylation sites is 1. The number of carbonyl (C=O) groups is 1. The number of urea groups is 1. The van der Waals surface area contributed by atoms with Gasteiger partial charge in [-0.25, -0.2) is 18.6 Å². The van der Waals surface area contributed by atoms with E-state index in [0.717, 1.165) is 11.8 Å². The second-order valence-electron chi connectivity index (χ2n) is 7.24. The van der Waals surface area contributed by atoms with Gasteiger partial charge in [-0.3, -0.25) is 0 Å². The first-order valence-corrected chi connectivity index (χ1v) is 9.15. The van der Waals surface area contributed by atoms with Crippen molar-refractivity contribution in [2.45, 2.75) is 24.9 Å². The predicted molar refractivity (Wildman–Crippen MR) is 101 cm³/mol. The summed E-state index contributed by atoms with van der Waals surface area (Å²) in [6, 6.07) is 9.73. The monoisotopic (exact) mass is 372 g/mol. The first-order valence-electron chi connectivity index (χ1n) is 9.15. The minimum Gasteiger partial charge on any atom is -0.368 e. The number of anilines is 1. The Hall–Kier alpha value is -2.70. The number of hydrogen-bond donors (Lipinski definition) is 0. The van der Waals surface area contributed by atoms with Crippen LogP contribution in [-0.4, -0.2) is 54.4 Å². The summed E-state index contributed by atoms with van der Waals surface area (Å²) < 4.78 is 27.2. The molecule has 2 amide bonds. The molecule has 3 aliphatic rings. The Bertz CT molecular complexity index is 801. The van der Waals surface area contributed by atoms with Crippen molar-refractivity contribution >= 4 is 17.9 Å². The SMILES string of the molecule is CN(c1ccccc1)C1CN(C(=O)N2N=CC[C@H]2C2C=C(F)C=C(F)C2)C1. The first kappa shape index (κ1) is 17.7. The number of benzene rings is 1. The van der Waals surface area contributed by atoms with Crippen molar-refractivity contribution in [3.8, 4) is 0 Å². The summed E-state index contributed by atoms with van der Waals surface area (Å²) in [7, 11) is 2.02. The highest BCUT2D eigenvalue weighted by Crippen LogP contribution is 2.33. The van der Waals surface area contributed by atoms with Crippen LogP contribution < -0.4 is 4.90 Å². The van der Waals surface area contributed by atoms with E-state index in [1.165, 1.54) is 11.1 Å². The minimum absolute atomic E-state index is 0.102. The van der Waals surface area contributed by atoms with Crippen LogP contribution in [0.1, 0.15) is 12.8 Å². The number of likely N-dealkylation sites (N-methyl/N-ethyl adjacent to an activating group) is 1. The molecule has 2 aliphatic heterocycles. The van der Waals surface area contributed by atoms with E-state index in [2.05, 4.69) is 10.0 Å². The summed E-state index contributed by atoms with van der Waals surface area (Å²) in [5.41, 5.74) is 1.11. The van der Waals surface area contributed by atoms with Crippen molar-refractivity contribution in [3.05, 3.63) is 54.1 Å². The molecule has 2 atom stereocenters. The molecular formula is C20H22F2N4O. The highest BCUT2D eigenvalue weighted by atomic mass is 19.1. The van der Waals surface area contributed by atoms with E-state index in [0.29, 0.717) is 19.5 Å². The van der Waals surface area contributed by atoms with Gasteiger partial charge in [0.2, 0.25) is 0 Å². The maximum atomic E-state index is 13.6. The molecule has 0 saturated carbocycles. The lowest BCUT2D eigenvalue weighted by Gasteiger charge is -2.46. The van der Waals surface area contributed by atoms with Crippen molar-refractivity contribution in [1.29, 1.82) is 0 Å². The number of amides is 2. The molecule has 0 radical (unpaired) electrons. The molecule has 0 bridgehead atoms. The fourth-order valence-electron chi connectivity index (χ4n) is 3.84. The summed E-state index contributed by atoms with van der Waals surface area (Å²) in [6.07, 6.45) is 4.56. The second-order valence-corrected chi connectivity index (χ2v) is 7.24. The molecule has 1 aliphatic carbocycles. The van der Waals surface area contributed by atoms with E-state index < -0.39 is 17.6 Å². The number of allylic oxidation sites excluding steroid dienone is 3. The number of halogens is 2. The third-order valence-corrected chi connectivity index (χ3v) is 5.50. The van der Waals surface area contributed by atoms with Crippen molar-refractivity contribution in [3.63, 3.8) is 0 Å². The Morgan fingerprint density at radius 3 is 2.67 bits per heavy atom. The molecule has 142 valence electrons. The Balaban J connectivity index is 1.37. The molecule has 1 aromatic rings. The highest BCUT2D eigenvalue weighted by Gasteiger charge is 2.41. The van der Waals surface area contributed by atoms with Gasteiger partial charge in [0.15, 0.2) is 0 Å². The molecule has 1 aromatic carbocycles. The lowest BCUT2D eigenvalue weighted by Crippen LogP contribution is -2.63. The summed E-state index contributed by atoms with van der Waals surface area (Å²) in [5.74, 6) is -1.48. The van der Waals surface area contributed by atoms with Crippen LogP contribution in [0.4, 0.5) is 19.3 Å². The molecule has 4 rings (SSSR count). The Labute approximate surface area is 157 Å². The van der Waals surface area contributed by atoms with E-state index in [9.17, 15) is 13.6 Å². The van der Waals surface area contributed by atoms with E-state index in [1.54, 1.807) is 11.1 Å². The number of likely N-dealkylation sites (tertiary alicyclic amines) is 1. The molecule has 7 heteroatoms. The second kappa shape index (κ2) is 7.13. The summed E-state index contributed by atoms with van der Waals surface area (Å²) in [5, 5.41) is 5.58. The predicted octanol–water partition coefficient (Wildman–Crippen LogP) is 3.71. The molecule has 2 heterocycles. The largest absolute Gasteiger partial charge is 0.368 e. The third-order valence-electron chi connectivity index (χ3n) is 5.50. The van der Waals surface area contributed by atoms with E-state index >= 15 is 0 Å². The van der Waals surface area contributed by atoms with E-state index in [1.807, 2.05) is 37.4 Å². The quantitative estimate of drug-likeness (QED) is 0.811. The smallest absolute Gasteiger partial charge is 0.340 e. The van der Waals surface area contributed by atoms with Crippen LogP contribution in [0, 0.1) is 5.92 Å². The molecule has 5 nitrogen and oxygen atoms in total. The number of hydrazone groups is 1. The van der Waals surface area contributed by atoms with Gasteiger partial charge in [0, 0.05) is 56.9 Å². The summed E-state index contributed by atoms with van der Waals surface area (Å²) in [6.45, 7) is 1.21. The Kier molecular flexibility index (Phi) is 4.68. The molecule has 27 heavy (non-hydrogen) atoms. The Morgan fingerprint density at radius 2 is 1.96 bits per heavy atom. The first-order chi connectivity index (χ1) is 13.0. The highest BCUT2D eigenvalue weighted by molar-refractivity contribution is 5.79. The van der Waals surface area contributed by atoms with Gasteiger partial charge in [0.1, 0.15) is 11.7 Å². The standard InChI is InChI=1S/C20H22F2N4O/c1-24(17-5-3-2-4-6-17)18-12-25(13-18)20(27)26-19(7-8-23-26)14-9-15(21)11-16(22)10-14/h2-6,8-9,11,14,18-19H,7,10,12-13H2,1H3/t14?,19-/m0/s1. The van der Waals surface area contributed by atoms with Crippen LogP contribution in [-0.2, 0) is 0 Å². The average Bonchev–Trinajstić information content (AvgIpc) is 3.10. The fraction of sp³-hybridized carbons (Fsp3) is 0.400. The van der Waals surface area contributed by atoms with Gasteiger partial charge in [0.25, 0.3) is 0 Å². The van der Waals surface area contributed by atoms with Gasteiger partial charge in [-0.05, 0) is 18.2 Å². The molecule has 0 N–H and O–H groups in total. The van der Waals surface area contributed by atoms with Gasteiger partial charge in [0.05, 0.1) is 12.1 Å². The summed E-state index contributed by atoms with van der Waals surface area (Å²) >= 11 is 0. The fourth-order valence-corrected chi connectivity index (χ4v) is 3.84. The minimum atomic E-state index is -0.587. The van der Waals surface area contributed by atoms with Gasteiger partial charge in [-0.1, -0.05) is 18.2 Å². The van der Waals surface area contributed by atoms with Crippen molar-refractivity contribution in [2.75, 3.05) is 25.0 Å². The number of nitrogens with zero attached hydrogens (tertiary/aromatic N) is 4. The molecular weight excluding hydrogens is 350 g/mol. The zero-order chi connectivity index (χ0) is 19.0. The maximum absolute atomic E-state index is 13.6. The molecule has 0 aromatic heterocycles. The van der Waals surface area contributed by atoms with Gasteiger partial charge < -0.3 is 9.80 Å². The topological polar surface area (TPSA) is 39.1 Å². The zero-order valence-corrected chi connectivity index (χ0v) is 15.1. The molecule has 1 unspecified atom stereocenters. The van der Waals surface area contributed by atoms with Crippen molar-refractivity contribution in [2.24, 2.45) is 11.0 Å². The number of hydrogen-bond acceptors (Lipinski definition) is 3. The molecule has 0 spiro atoms. The van der Waals surface area contributed by atoms with Crippen LogP contribution in [0.5, 0.6) is 0 Å². The van der Waals surface area contributed by atoms with Gasteiger partial charge >= 0.3 is 6.03 Å².